The summed E-state index contributed by atoms with van der Waals surface area (Å²) >= 11 is 0. The number of carbonyl (C=O) groups excluding carboxylic acids is 1. The molecule has 1 N–H and O–H groups in total. The lowest BCUT2D eigenvalue weighted by Gasteiger charge is -2.19. The van der Waals surface area contributed by atoms with Crippen LogP contribution in [0.2, 0.25) is 0 Å². The second-order valence-electron chi connectivity index (χ2n) is 4.22. The normalized spacial score (nSPS) is 11.5. The molecule has 0 aromatic heterocycles. The lowest BCUT2D eigenvalue weighted by Crippen LogP contribution is -2.35. The number of sulfone groups is 1. The molecule has 8 heteroatoms. The van der Waals surface area contributed by atoms with E-state index < -0.39 is 20.5 Å². The highest BCUT2D eigenvalue weighted by atomic mass is 32.2. The van der Waals surface area contributed by atoms with Gasteiger partial charge in [-0.2, -0.15) is 8.78 Å². The van der Waals surface area contributed by atoms with E-state index in [1.165, 1.54) is 18.2 Å². The van der Waals surface area contributed by atoms with E-state index in [0.717, 1.165) is 6.07 Å². The highest BCUT2D eigenvalue weighted by Gasteiger charge is 2.29. The first-order chi connectivity index (χ1) is 9.84. The van der Waals surface area contributed by atoms with Gasteiger partial charge < -0.3 is 10.2 Å². The molecule has 0 saturated carbocycles. The molecule has 1 aromatic carbocycles. The Morgan fingerprint density at radius 2 is 1.81 bits per heavy atom. The lowest BCUT2D eigenvalue weighted by molar-refractivity contribution is -0.128. The molecule has 0 fully saturated rings. The van der Waals surface area contributed by atoms with E-state index in [-0.39, 0.29) is 18.1 Å². The molecular formula is C13H18F2N2O3S. The van der Waals surface area contributed by atoms with Gasteiger partial charge in [-0.1, -0.05) is 12.1 Å². The number of rotatable bonds is 7. The zero-order chi connectivity index (χ0) is 16.0. The standard InChI is InChI=1S/C13H18F2N2O3S/c1-3-17(4-2)12(18)9-16-10-7-5-6-8-11(10)21(19,20)13(14)15/h5-8,13,16H,3-4,9H2,1-2H3. The number of halogens is 2. The Bertz CT molecular complexity index is 587. The summed E-state index contributed by atoms with van der Waals surface area (Å²) in [6.45, 7) is 4.52. The summed E-state index contributed by atoms with van der Waals surface area (Å²) in [6, 6.07) is 5.30. The van der Waals surface area contributed by atoms with Crippen LogP contribution < -0.4 is 5.32 Å². The largest absolute Gasteiger partial charge is 0.375 e. The molecule has 0 radical (unpaired) electrons. The molecule has 1 rings (SSSR count). The number of carbonyl (C=O) groups is 1. The molecule has 0 aliphatic rings. The summed E-state index contributed by atoms with van der Waals surface area (Å²) in [6.07, 6.45) is 0. The third-order valence-corrected chi connectivity index (χ3v) is 4.41. The molecule has 5 nitrogen and oxygen atoms in total. The summed E-state index contributed by atoms with van der Waals surface area (Å²) < 4.78 is 48.4. The van der Waals surface area contributed by atoms with Crippen LogP contribution in [0, 0.1) is 0 Å². The quantitative estimate of drug-likeness (QED) is 0.834. The average molecular weight is 320 g/mol. The van der Waals surface area contributed by atoms with Gasteiger partial charge in [-0.05, 0) is 26.0 Å². The Kier molecular flexibility index (Phi) is 6.07. The molecule has 21 heavy (non-hydrogen) atoms. The second-order valence-corrected chi connectivity index (χ2v) is 6.11. The number of anilines is 1. The van der Waals surface area contributed by atoms with Gasteiger partial charge >= 0.3 is 5.76 Å². The molecule has 0 saturated heterocycles. The van der Waals surface area contributed by atoms with Crippen molar-refractivity contribution < 1.29 is 22.0 Å². The molecule has 0 heterocycles. The van der Waals surface area contributed by atoms with Crippen molar-refractivity contribution in [3.63, 3.8) is 0 Å². The van der Waals surface area contributed by atoms with Crippen molar-refractivity contribution in [3.05, 3.63) is 24.3 Å². The molecule has 0 aliphatic heterocycles. The van der Waals surface area contributed by atoms with Gasteiger partial charge in [-0.25, -0.2) is 8.42 Å². The summed E-state index contributed by atoms with van der Waals surface area (Å²) in [7, 11) is -4.71. The third kappa shape index (κ3) is 4.13. The summed E-state index contributed by atoms with van der Waals surface area (Å²) in [5.74, 6) is -3.73. The Labute approximate surface area is 122 Å². The van der Waals surface area contributed by atoms with Gasteiger partial charge in [0.25, 0.3) is 0 Å². The predicted octanol–water partition coefficient (Wildman–Crippen LogP) is 1.96. The zero-order valence-electron chi connectivity index (χ0n) is 11.8. The van der Waals surface area contributed by atoms with Crippen LogP contribution in [-0.2, 0) is 14.6 Å². The van der Waals surface area contributed by atoms with E-state index in [1.807, 2.05) is 13.8 Å². The first kappa shape index (κ1) is 17.4. The van der Waals surface area contributed by atoms with Crippen LogP contribution >= 0.6 is 0 Å². The van der Waals surface area contributed by atoms with Crippen molar-refractivity contribution in [1.29, 1.82) is 0 Å². The Hall–Kier alpha value is -1.70. The zero-order valence-corrected chi connectivity index (χ0v) is 12.7. The molecule has 0 aliphatic carbocycles. The van der Waals surface area contributed by atoms with Crippen LogP contribution in [0.5, 0.6) is 0 Å². The van der Waals surface area contributed by atoms with Crippen LogP contribution in [0.15, 0.2) is 29.2 Å². The summed E-state index contributed by atoms with van der Waals surface area (Å²) in [4.78, 5) is 12.9. The highest BCUT2D eigenvalue weighted by molar-refractivity contribution is 7.91. The Balaban J connectivity index is 2.94. The van der Waals surface area contributed by atoms with Crippen molar-refractivity contribution in [3.8, 4) is 0 Å². The third-order valence-electron chi connectivity index (χ3n) is 2.97. The van der Waals surface area contributed by atoms with Crippen LogP contribution in [0.1, 0.15) is 13.8 Å². The molecule has 118 valence electrons. The molecular weight excluding hydrogens is 302 g/mol. The SMILES string of the molecule is CCN(CC)C(=O)CNc1ccccc1S(=O)(=O)C(F)F. The number of benzene rings is 1. The molecule has 0 bridgehead atoms. The molecule has 0 atom stereocenters. The van der Waals surface area contributed by atoms with E-state index in [0.29, 0.717) is 13.1 Å². The number of likely N-dealkylation sites (N-methyl/N-ethyl adjacent to an activating group) is 1. The number of para-hydroxylation sites is 1. The molecule has 0 unspecified atom stereocenters. The maximum Gasteiger partial charge on any atom is 0.341 e. The monoisotopic (exact) mass is 320 g/mol. The number of nitrogens with one attached hydrogen (secondary N) is 1. The molecule has 1 aromatic rings. The fraction of sp³-hybridized carbons (Fsp3) is 0.462. The first-order valence-corrected chi connectivity index (χ1v) is 8.01. The number of alkyl halides is 2. The van der Waals surface area contributed by atoms with Gasteiger partial charge in [0.15, 0.2) is 0 Å². The van der Waals surface area contributed by atoms with E-state index in [9.17, 15) is 22.0 Å². The van der Waals surface area contributed by atoms with Gasteiger partial charge in [-0.15, -0.1) is 0 Å². The maximum absolute atomic E-state index is 12.6. The first-order valence-electron chi connectivity index (χ1n) is 6.47. The van der Waals surface area contributed by atoms with Crippen molar-refractivity contribution >= 4 is 21.4 Å². The van der Waals surface area contributed by atoms with Crippen molar-refractivity contribution in [2.45, 2.75) is 24.5 Å². The number of hydrogen-bond donors (Lipinski definition) is 1. The maximum atomic E-state index is 12.6. The number of nitrogens with zero attached hydrogens (tertiary/aromatic N) is 1. The van der Waals surface area contributed by atoms with Gasteiger partial charge in [0.05, 0.1) is 17.1 Å². The molecule has 1 amide bonds. The van der Waals surface area contributed by atoms with Gasteiger partial charge in [0.1, 0.15) is 0 Å². The van der Waals surface area contributed by atoms with E-state index in [2.05, 4.69) is 5.32 Å². The predicted molar refractivity (Wildman–Crippen MR) is 76.0 cm³/mol. The topological polar surface area (TPSA) is 66.5 Å². The highest BCUT2D eigenvalue weighted by Crippen LogP contribution is 2.25. The fourth-order valence-electron chi connectivity index (χ4n) is 1.82. The minimum Gasteiger partial charge on any atom is -0.375 e. The van der Waals surface area contributed by atoms with Crippen LogP contribution in [0.25, 0.3) is 0 Å². The van der Waals surface area contributed by atoms with Gasteiger partial charge in [0.2, 0.25) is 15.7 Å². The van der Waals surface area contributed by atoms with Crippen molar-refractivity contribution in [1.82, 2.24) is 4.90 Å². The second kappa shape index (κ2) is 7.35. The van der Waals surface area contributed by atoms with E-state index >= 15 is 0 Å². The number of hydrogen-bond acceptors (Lipinski definition) is 4. The molecule has 0 spiro atoms. The minimum atomic E-state index is -4.71. The van der Waals surface area contributed by atoms with Crippen LogP contribution in [0.4, 0.5) is 14.5 Å². The van der Waals surface area contributed by atoms with Crippen molar-refractivity contribution in [2.75, 3.05) is 25.0 Å². The van der Waals surface area contributed by atoms with E-state index in [4.69, 9.17) is 0 Å². The Morgan fingerprint density at radius 3 is 2.33 bits per heavy atom. The van der Waals surface area contributed by atoms with E-state index in [1.54, 1.807) is 4.90 Å². The van der Waals surface area contributed by atoms with Crippen molar-refractivity contribution in [2.24, 2.45) is 0 Å². The average Bonchev–Trinajstić information content (AvgIpc) is 2.46. The summed E-state index contributed by atoms with van der Waals surface area (Å²) in [5, 5.41) is 2.62. The van der Waals surface area contributed by atoms with Crippen LogP contribution in [-0.4, -0.2) is 44.6 Å². The van der Waals surface area contributed by atoms with Gasteiger partial charge in [-0.3, -0.25) is 4.79 Å². The lowest BCUT2D eigenvalue weighted by atomic mass is 10.3. The van der Waals surface area contributed by atoms with Crippen LogP contribution in [0.3, 0.4) is 0 Å². The Morgan fingerprint density at radius 1 is 1.24 bits per heavy atom. The fourth-order valence-corrected chi connectivity index (χ4v) is 2.72. The van der Waals surface area contributed by atoms with Gasteiger partial charge in [0, 0.05) is 13.1 Å². The smallest absolute Gasteiger partial charge is 0.341 e. The number of amides is 1. The minimum absolute atomic E-state index is 0.00157. The summed E-state index contributed by atoms with van der Waals surface area (Å²) in [5.41, 5.74) is -0.00157.